The zero-order valence-electron chi connectivity index (χ0n) is 23.8. The van der Waals surface area contributed by atoms with Crippen LogP contribution in [0.5, 0.6) is 0 Å². The number of ether oxygens (including phenoxy) is 3. The second-order valence-electron chi connectivity index (χ2n) is 11.8. The van der Waals surface area contributed by atoms with E-state index in [2.05, 4.69) is 28.1 Å². The van der Waals surface area contributed by atoms with Crippen LogP contribution in [0.4, 0.5) is 0 Å². The first-order chi connectivity index (χ1) is 16.5. The Bertz CT molecular complexity index is 424. The maximum absolute atomic E-state index is 6.01. The molecule has 0 saturated carbocycles. The van der Waals surface area contributed by atoms with E-state index in [1.54, 1.807) is 0 Å². The summed E-state index contributed by atoms with van der Waals surface area (Å²) in [6.45, 7) is 5.80. The Morgan fingerprint density at radius 3 is 1.71 bits per heavy atom. The van der Waals surface area contributed by atoms with Crippen molar-refractivity contribution in [2.45, 2.75) is 148 Å². The van der Waals surface area contributed by atoms with Crippen LogP contribution in [0, 0.1) is 0 Å². The molecule has 0 radical (unpaired) electrons. The van der Waals surface area contributed by atoms with Gasteiger partial charge in [-0.15, -0.1) is 0 Å². The molecule has 1 saturated heterocycles. The fraction of sp³-hybridized carbons (Fsp3) is 1.00. The second-order valence-corrected chi connectivity index (χ2v) is 11.8. The molecule has 0 aliphatic carbocycles. The van der Waals surface area contributed by atoms with Gasteiger partial charge in [0.15, 0.2) is 6.29 Å². The first-order valence-electron chi connectivity index (χ1n) is 15.2. The van der Waals surface area contributed by atoms with Gasteiger partial charge >= 0.3 is 0 Å². The largest absolute Gasteiger partial charge is 0.379 e. The van der Waals surface area contributed by atoms with Crippen molar-refractivity contribution in [3.8, 4) is 0 Å². The lowest BCUT2D eigenvalue weighted by Gasteiger charge is -2.23. The second kappa shape index (κ2) is 22.1. The highest BCUT2D eigenvalue weighted by atomic mass is 16.7. The Morgan fingerprint density at radius 1 is 0.647 bits per heavy atom. The third kappa shape index (κ3) is 21.1. The molecule has 0 unspecified atom stereocenters. The maximum Gasteiger partial charge on any atom is 0.158 e. The number of unbranched alkanes of at least 4 members (excludes halogenated alkanes) is 17. The van der Waals surface area contributed by atoms with E-state index in [-0.39, 0.29) is 12.4 Å². The van der Waals surface area contributed by atoms with E-state index in [0.717, 1.165) is 23.9 Å². The van der Waals surface area contributed by atoms with Gasteiger partial charge in [0.1, 0.15) is 6.10 Å². The molecule has 0 aromatic heterocycles. The van der Waals surface area contributed by atoms with Crippen LogP contribution in [-0.4, -0.2) is 64.4 Å². The predicted molar refractivity (Wildman–Crippen MR) is 146 cm³/mol. The van der Waals surface area contributed by atoms with E-state index in [9.17, 15) is 0 Å². The number of nitrogens with zero attached hydrogens (tertiary/aromatic N) is 1. The molecule has 0 spiro atoms. The molecule has 1 fully saturated rings. The summed E-state index contributed by atoms with van der Waals surface area (Å²) in [6.07, 6.45) is 27.3. The van der Waals surface area contributed by atoms with E-state index < -0.39 is 0 Å². The van der Waals surface area contributed by atoms with Crippen LogP contribution >= 0.6 is 0 Å². The van der Waals surface area contributed by atoms with Crippen LogP contribution in [0.15, 0.2) is 0 Å². The van der Waals surface area contributed by atoms with Gasteiger partial charge in [0.25, 0.3) is 0 Å². The van der Waals surface area contributed by atoms with Crippen molar-refractivity contribution in [1.82, 2.24) is 0 Å². The number of hydrogen-bond donors (Lipinski definition) is 0. The Hall–Kier alpha value is -0.160. The number of quaternary nitrogens is 1. The highest BCUT2D eigenvalue weighted by Crippen LogP contribution is 2.19. The van der Waals surface area contributed by atoms with Crippen LogP contribution in [0.25, 0.3) is 0 Å². The SMILES string of the molecule is CCCCCCCCCCCCCCCCC[C@H]1OC[C@H](COCCCCCC[N+](C)(C)C)O1. The highest BCUT2D eigenvalue weighted by molar-refractivity contribution is 4.65. The van der Waals surface area contributed by atoms with E-state index >= 15 is 0 Å². The standard InChI is InChI=1S/C30H62NO3/c1-5-6-7-8-9-10-11-12-13-14-15-16-17-18-21-24-30-33-28-29(34-30)27-32-26-23-20-19-22-25-31(2,3)4/h29-30H,5-28H2,1-4H3/q+1/t29-,30-/m0/s1. The smallest absolute Gasteiger partial charge is 0.158 e. The van der Waals surface area contributed by atoms with Crippen LogP contribution in [0.3, 0.4) is 0 Å². The van der Waals surface area contributed by atoms with Crippen molar-refractivity contribution in [2.75, 3.05) is 47.5 Å². The quantitative estimate of drug-likeness (QED) is 0.0963. The fourth-order valence-electron chi connectivity index (χ4n) is 4.79. The molecule has 0 aromatic rings. The summed E-state index contributed by atoms with van der Waals surface area (Å²) in [5.41, 5.74) is 0. The van der Waals surface area contributed by atoms with Gasteiger partial charge in [0.05, 0.1) is 40.9 Å². The molecular formula is C30H62NO3+. The van der Waals surface area contributed by atoms with E-state index in [0.29, 0.717) is 13.2 Å². The molecule has 1 heterocycles. The zero-order chi connectivity index (χ0) is 24.7. The molecule has 0 aromatic carbocycles. The lowest BCUT2D eigenvalue weighted by Crippen LogP contribution is -2.35. The topological polar surface area (TPSA) is 27.7 Å². The Morgan fingerprint density at radius 2 is 1.15 bits per heavy atom. The summed E-state index contributed by atoms with van der Waals surface area (Å²) in [7, 11) is 6.79. The monoisotopic (exact) mass is 484 g/mol. The number of hydrogen-bond acceptors (Lipinski definition) is 3. The van der Waals surface area contributed by atoms with Crippen molar-refractivity contribution in [2.24, 2.45) is 0 Å². The minimum atomic E-state index is 0.00564. The Balaban J connectivity index is 1.77. The van der Waals surface area contributed by atoms with Gasteiger partial charge in [0.2, 0.25) is 0 Å². The van der Waals surface area contributed by atoms with Gasteiger partial charge in [-0.25, -0.2) is 0 Å². The van der Waals surface area contributed by atoms with Crippen LogP contribution in [0.1, 0.15) is 135 Å². The zero-order valence-corrected chi connectivity index (χ0v) is 23.8. The van der Waals surface area contributed by atoms with Crippen molar-refractivity contribution in [1.29, 1.82) is 0 Å². The molecule has 1 aliphatic heterocycles. The molecule has 1 aliphatic rings. The minimum Gasteiger partial charge on any atom is -0.379 e. The average Bonchev–Trinajstić information content (AvgIpc) is 3.25. The lowest BCUT2D eigenvalue weighted by molar-refractivity contribution is -0.870. The predicted octanol–water partition coefficient (Wildman–Crippen LogP) is 8.27. The summed E-state index contributed by atoms with van der Waals surface area (Å²) in [5.74, 6) is 0. The van der Waals surface area contributed by atoms with Gasteiger partial charge < -0.3 is 18.7 Å². The van der Waals surface area contributed by atoms with Crippen LogP contribution < -0.4 is 0 Å². The highest BCUT2D eigenvalue weighted by Gasteiger charge is 2.25. The van der Waals surface area contributed by atoms with Gasteiger partial charge in [-0.3, -0.25) is 0 Å². The summed E-state index contributed by atoms with van der Waals surface area (Å²) in [6, 6.07) is 0. The van der Waals surface area contributed by atoms with E-state index in [4.69, 9.17) is 14.2 Å². The molecular weight excluding hydrogens is 422 g/mol. The molecule has 204 valence electrons. The molecule has 0 bridgehead atoms. The molecule has 4 nitrogen and oxygen atoms in total. The van der Waals surface area contributed by atoms with Gasteiger partial charge in [-0.2, -0.15) is 0 Å². The molecule has 0 amide bonds. The first kappa shape index (κ1) is 31.9. The molecule has 0 N–H and O–H groups in total. The third-order valence-electron chi connectivity index (χ3n) is 7.03. The van der Waals surface area contributed by atoms with Crippen molar-refractivity contribution < 1.29 is 18.7 Å². The summed E-state index contributed by atoms with van der Waals surface area (Å²) in [4.78, 5) is 0. The Kier molecular flexibility index (Phi) is 20.7. The van der Waals surface area contributed by atoms with Crippen molar-refractivity contribution >= 4 is 0 Å². The molecule has 1 rings (SSSR count). The maximum atomic E-state index is 6.01. The molecule has 4 heteroatoms. The van der Waals surface area contributed by atoms with Crippen LogP contribution in [0.2, 0.25) is 0 Å². The number of rotatable bonds is 25. The third-order valence-corrected chi connectivity index (χ3v) is 7.03. The van der Waals surface area contributed by atoms with Gasteiger partial charge in [0, 0.05) is 6.61 Å². The van der Waals surface area contributed by atoms with Crippen molar-refractivity contribution in [3.63, 3.8) is 0 Å². The lowest BCUT2D eigenvalue weighted by atomic mass is 10.0. The summed E-state index contributed by atoms with van der Waals surface area (Å²) in [5, 5.41) is 0. The van der Waals surface area contributed by atoms with E-state index in [1.807, 2.05) is 0 Å². The summed E-state index contributed by atoms with van der Waals surface area (Å²) >= 11 is 0. The normalized spacial score (nSPS) is 18.7. The molecule has 34 heavy (non-hydrogen) atoms. The minimum absolute atomic E-state index is 0.00564. The van der Waals surface area contributed by atoms with Crippen molar-refractivity contribution in [3.05, 3.63) is 0 Å². The molecule has 2 atom stereocenters. The summed E-state index contributed by atoms with van der Waals surface area (Å²) < 4.78 is 18.7. The van der Waals surface area contributed by atoms with Crippen LogP contribution in [-0.2, 0) is 14.2 Å². The van der Waals surface area contributed by atoms with Gasteiger partial charge in [-0.1, -0.05) is 103 Å². The Labute approximate surface area is 214 Å². The average molecular weight is 485 g/mol. The van der Waals surface area contributed by atoms with E-state index in [1.165, 1.54) is 122 Å². The first-order valence-corrected chi connectivity index (χ1v) is 15.2. The van der Waals surface area contributed by atoms with Gasteiger partial charge in [-0.05, 0) is 32.1 Å². The fourth-order valence-corrected chi connectivity index (χ4v) is 4.79.